The van der Waals surface area contributed by atoms with E-state index in [-0.39, 0.29) is 0 Å². The first-order chi connectivity index (χ1) is 9.77. The molecule has 1 aromatic rings. The van der Waals surface area contributed by atoms with E-state index in [0.29, 0.717) is 45.5 Å². The minimum Gasteiger partial charge on any atom is -0.494 e. The third kappa shape index (κ3) is 6.19. The van der Waals surface area contributed by atoms with Gasteiger partial charge in [0.1, 0.15) is 5.75 Å². The highest BCUT2D eigenvalue weighted by atomic mass is 16.5. The Labute approximate surface area is 118 Å². The SMILES string of the molecule is NCCCN(C=O)C(=O)NCCCOc1ccccc1. The highest BCUT2D eigenvalue weighted by Crippen LogP contribution is 2.07. The van der Waals surface area contributed by atoms with Crippen molar-refractivity contribution in [2.75, 3.05) is 26.2 Å². The summed E-state index contributed by atoms with van der Waals surface area (Å²) < 4.78 is 5.49. The zero-order chi connectivity index (χ0) is 14.6. The molecule has 3 amide bonds. The van der Waals surface area contributed by atoms with Crippen LogP contribution in [0.3, 0.4) is 0 Å². The molecule has 0 aliphatic carbocycles. The molecule has 0 aromatic heterocycles. The first-order valence-electron chi connectivity index (χ1n) is 6.65. The van der Waals surface area contributed by atoms with E-state index in [2.05, 4.69) is 5.32 Å². The predicted molar refractivity (Wildman–Crippen MR) is 76.4 cm³/mol. The molecule has 0 fully saturated rings. The molecule has 20 heavy (non-hydrogen) atoms. The number of para-hydroxylation sites is 1. The molecule has 0 aliphatic rings. The molecule has 3 N–H and O–H groups in total. The number of hydrogen-bond donors (Lipinski definition) is 2. The molecule has 1 rings (SSSR count). The van der Waals surface area contributed by atoms with Crippen LogP contribution in [-0.2, 0) is 4.79 Å². The maximum absolute atomic E-state index is 11.6. The second-order valence-corrected chi connectivity index (χ2v) is 4.19. The van der Waals surface area contributed by atoms with Gasteiger partial charge in [0, 0.05) is 13.1 Å². The summed E-state index contributed by atoms with van der Waals surface area (Å²) in [5.41, 5.74) is 5.34. The Hall–Kier alpha value is -2.08. The summed E-state index contributed by atoms with van der Waals surface area (Å²) in [4.78, 5) is 23.4. The van der Waals surface area contributed by atoms with Crippen LogP contribution >= 0.6 is 0 Å². The maximum atomic E-state index is 11.6. The van der Waals surface area contributed by atoms with E-state index in [1.54, 1.807) is 0 Å². The van der Waals surface area contributed by atoms with Crippen molar-refractivity contribution in [3.8, 4) is 5.75 Å². The molecule has 0 spiro atoms. The van der Waals surface area contributed by atoms with Crippen LogP contribution in [0.25, 0.3) is 0 Å². The Kier molecular flexibility index (Phi) is 7.83. The normalized spacial score (nSPS) is 9.85. The lowest BCUT2D eigenvalue weighted by atomic mass is 10.3. The maximum Gasteiger partial charge on any atom is 0.323 e. The van der Waals surface area contributed by atoms with Crippen molar-refractivity contribution < 1.29 is 14.3 Å². The van der Waals surface area contributed by atoms with Gasteiger partial charge in [-0.25, -0.2) is 4.79 Å². The summed E-state index contributed by atoms with van der Waals surface area (Å²) in [7, 11) is 0. The van der Waals surface area contributed by atoms with Crippen molar-refractivity contribution in [1.29, 1.82) is 0 Å². The quantitative estimate of drug-likeness (QED) is 0.521. The van der Waals surface area contributed by atoms with Crippen LogP contribution in [0, 0.1) is 0 Å². The van der Waals surface area contributed by atoms with Gasteiger partial charge >= 0.3 is 6.03 Å². The molecular formula is C14H21N3O3. The van der Waals surface area contributed by atoms with Gasteiger partial charge in [0.15, 0.2) is 0 Å². The van der Waals surface area contributed by atoms with E-state index in [1.807, 2.05) is 30.3 Å². The molecular weight excluding hydrogens is 258 g/mol. The standard InChI is InChI=1S/C14H21N3O3/c15-8-4-10-17(12-18)14(19)16-9-5-11-20-13-6-2-1-3-7-13/h1-3,6-7,12H,4-5,8-11,15H2,(H,16,19). The number of hydrogen-bond acceptors (Lipinski definition) is 4. The fourth-order valence-electron chi connectivity index (χ4n) is 1.54. The van der Waals surface area contributed by atoms with Gasteiger partial charge in [-0.05, 0) is 31.5 Å². The third-order valence-corrected chi connectivity index (χ3v) is 2.60. The van der Waals surface area contributed by atoms with Gasteiger partial charge in [-0.2, -0.15) is 0 Å². The topological polar surface area (TPSA) is 84.7 Å². The largest absolute Gasteiger partial charge is 0.494 e. The van der Waals surface area contributed by atoms with Crippen molar-refractivity contribution in [2.24, 2.45) is 5.73 Å². The van der Waals surface area contributed by atoms with Crippen LogP contribution in [0.4, 0.5) is 4.79 Å². The molecule has 0 atom stereocenters. The summed E-state index contributed by atoms with van der Waals surface area (Å²) >= 11 is 0. The van der Waals surface area contributed by atoms with Crippen LogP contribution in [0.5, 0.6) is 5.75 Å². The highest BCUT2D eigenvalue weighted by molar-refractivity contribution is 5.84. The molecule has 0 radical (unpaired) electrons. The number of carbonyl (C=O) groups is 2. The Bertz CT molecular complexity index is 398. The summed E-state index contributed by atoms with van der Waals surface area (Å²) in [5, 5.41) is 2.66. The number of ether oxygens (including phenoxy) is 1. The third-order valence-electron chi connectivity index (χ3n) is 2.60. The van der Waals surface area contributed by atoms with Crippen molar-refractivity contribution in [3.05, 3.63) is 30.3 Å². The molecule has 110 valence electrons. The number of imide groups is 1. The van der Waals surface area contributed by atoms with Crippen molar-refractivity contribution in [3.63, 3.8) is 0 Å². The van der Waals surface area contributed by atoms with E-state index in [4.69, 9.17) is 10.5 Å². The fraction of sp³-hybridized carbons (Fsp3) is 0.429. The number of urea groups is 1. The second kappa shape index (κ2) is 9.80. The van der Waals surface area contributed by atoms with Gasteiger partial charge in [-0.1, -0.05) is 18.2 Å². The second-order valence-electron chi connectivity index (χ2n) is 4.19. The van der Waals surface area contributed by atoms with Gasteiger partial charge in [-0.15, -0.1) is 0 Å². The first-order valence-corrected chi connectivity index (χ1v) is 6.65. The van der Waals surface area contributed by atoms with Crippen LogP contribution in [-0.4, -0.2) is 43.6 Å². The van der Waals surface area contributed by atoms with Gasteiger partial charge in [0.05, 0.1) is 6.61 Å². The summed E-state index contributed by atoms with van der Waals surface area (Å²) in [6.45, 7) is 1.75. The van der Waals surface area contributed by atoms with Crippen LogP contribution in [0.15, 0.2) is 30.3 Å². The Morgan fingerprint density at radius 1 is 1.30 bits per heavy atom. The number of nitrogens with one attached hydrogen (secondary N) is 1. The molecule has 1 aromatic carbocycles. The van der Waals surface area contributed by atoms with E-state index in [0.717, 1.165) is 10.6 Å². The number of benzene rings is 1. The smallest absolute Gasteiger partial charge is 0.323 e. The molecule has 0 heterocycles. The van der Waals surface area contributed by atoms with E-state index in [9.17, 15) is 9.59 Å². The Balaban J connectivity index is 2.13. The average Bonchev–Trinajstić information content (AvgIpc) is 2.48. The van der Waals surface area contributed by atoms with Crippen molar-refractivity contribution in [2.45, 2.75) is 12.8 Å². The number of nitrogens with zero attached hydrogens (tertiary/aromatic N) is 1. The summed E-state index contributed by atoms with van der Waals surface area (Å²) in [6.07, 6.45) is 1.79. The van der Waals surface area contributed by atoms with Crippen molar-refractivity contribution in [1.82, 2.24) is 10.2 Å². The lowest BCUT2D eigenvalue weighted by Gasteiger charge is -2.15. The molecule has 0 aliphatic heterocycles. The predicted octanol–water partition coefficient (Wildman–Crippen LogP) is 0.972. The van der Waals surface area contributed by atoms with E-state index >= 15 is 0 Å². The first kappa shape index (κ1) is 16.0. The number of carbonyl (C=O) groups excluding carboxylic acids is 2. The fourth-order valence-corrected chi connectivity index (χ4v) is 1.54. The number of rotatable bonds is 9. The average molecular weight is 279 g/mol. The number of amides is 3. The minimum atomic E-state index is -0.395. The Morgan fingerprint density at radius 3 is 2.70 bits per heavy atom. The lowest BCUT2D eigenvalue weighted by Crippen LogP contribution is -2.40. The summed E-state index contributed by atoms with van der Waals surface area (Å²) in [5.74, 6) is 0.802. The molecule has 0 saturated heterocycles. The molecule has 6 heteroatoms. The Morgan fingerprint density at radius 2 is 2.05 bits per heavy atom. The molecule has 0 bridgehead atoms. The van der Waals surface area contributed by atoms with Crippen LogP contribution in [0.1, 0.15) is 12.8 Å². The van der Waals surface area contributed by atoms with E-state index < -0.39 is 6.03 Å². The molecule has 0 unspecified atom stereocenters. The molecule has 0 saturated carbocycles. The minimum absolute atomic E-state index is 0.340. The van der Waals surface area contributed by atoms with Crippen LogP contribution < -0.4 is 15.8 Å². The van der Waals surface area contributed by atoms with Crippen molar-refractivity contribution >= 4 is 12.4 Å². The van der Waals surface area contributed by atoms with Gasteiger partial charge in [0.25, 0.3) is 0 Å². The lowest BCUT2D eigenvalue weighted by molar-refractivity contribution is -0.115. The monoisotopic (exact) mass is 279 g/mol. The van der Waals surface area contributed by atoms with E-state index in [1.165, 1.54) is 0 Å². The highest BCUT2D eigenvalue weighted by Gasteiger charge is 2.10. The number of nitrogens with two attached hydrogens (primary N) is 1. The zero-order valence-electron chi connectivity index (χ0n) is 11.5. The zero-order valence-corrected chi connectivity index (χ0v) is 11.5. The molecule has 6 nitrogen and oxygen atoms in total. The van der Waals surface area contributed by atoms with Gasteiger partial charge in [-0.3, -0.25) is 9.69 Å². The van der Waals surface area contributed by atoms with Gasteiger partial charge < -0.3 is 15.8 Å². The van der Waals surface area contributed by atoms with Crippen LogP contribution in [0.2, 0.25) is 0 Å². The van der Waals surface area contributed by atoms with Gasteiger partial charge in [0.2, 0.25) is 6.41 Å². The summed E-state index contributed by atoms with van der Waals surface area (Å²) in [6, 6.07) is 9.07.